The van der Waals surface area contributed by atoms with Gasteiger partial charge in [-0.1, -0.05) is 0 Å². The molecule has 0 radical (unpaired) electrons. The van der Waals surface area contributed by atoms with Gasteiger partial charge in [0.1, 0.15) is 12.0 Å². The van der Waals surface area contributed by atoms with E-state index >= 15 is 0 Å². The molecule has 0 unspecified atom stereocenters. The molecule has 0 aromatic rings. The van der Waals surface area contributed by atoms with Gasteiger partial charge in [-0.3, -0.25) is 4.79 Å². The first-order chi connectivity index (χ1) is 8.10. The topological polar surface area (TPSA) is 114 Å². The Bertz CT molecular complexity index is 331. The summed E-state index contributed by atoms with van der Waals surface area (Å²) in [7, 11) is 0. The van der Waals surface area contributed by atoms with Gasteiger partial charge in [0.05, 0.1) is 12.6 Å². The molecule has 2 amide bonds. The lowest BCUT2D eigenvalue weighted by Gasteiger charge is -2.29. The molecule has 7 heteroatoms. The molecule has 0 aromatic carbocycles. The van der Waals surface area contributed by atoms with E-state index < -0.39 is 11.5 Å². The lowest BCUT2D eigenvalue weighted by Crippen LogP contribution is -2.44. The third-order valence-electron chi connectivity index (χ3n) is 2.63. The zero-order valence-corrected chi connectivity index (χ0v) is 9.40. The summed E-state index contributed by atoms with van der Waals surface area (Å²) >= 11 is 0. The molecular weight excluding hydrogens is 226 g/mol. The fourth-order valence-corrected chi connectivity index (χ4v) is 1.59. The predicted octanol–water partition coefficient (Wildman–Crippen LogP) is -0.482. The largest absolute Gasteiger partial charge is 0.448 e. The molecule has 1 rings (SSSR count). The molecular formula is C10H15N3O4. The maximum atomic E-state index is 11.8. The molecule has 1 aliphatic heterocycles. The number of ether oxygens (including phenoxy) is 2. The maximum absolute atomic E-state index is 11.8. The molecule has 7 nitrogen and oxygen atoms in total. The molecule has 1 saturated heterocycles. The van der Waals surface area contributed by atoms with Crippen molar-refractivity contribution in [2.75, 3.05) is 26.4 Å². The molecule has 0 aromatic heterocycles. The maximum Gasteiger partial charge on any atom is 0.404 e. The van der Waals surface area contributed by atoms with Gasteiger partial charge in [0.15, 0.2) is 0 Å². The molecule has 0 bridgehead atoms. The van der Waals surface area contributed by atoms with E-state index in [4.69, 9.17) is 15.7 Å². The van der Waals surface area contributed by atoms with Gasteiger partial charge < -0.3 is 20.5 Å². The van der Waals surface area contributed by atoms with Crippen molar-refractivity contribution in [1.82, 2.24) is 5.32 Å². The minimum absolute atomic E-state index is 0.000911. The highest BCUT2D eigenvalue weighted by Crippen LogP contribution is 2.29. The number of nitrogens with zero attached hydrogens (tertiary/aromatic N) is 1. The van der Waals surface area contributed by atoms with Gasteiger partial charge in [0, 0.05) is 13.2 Å². The van der Waals surface area contributed by atoms with E-state index in [2.05, 4.69) is 10.1 Å². The van der Waals surface area contributed by atoms with Gasteiger partial charge >= 0.3 is 6.09 Å². The summed E-state index contributed by atoms with van der Waals surface area (Å²) in [5, 5.41) is 11.6. The second kappa shape index (κ2) is 6.06. The highest BCUT2D eigenvalue weighted by Gasteiger charge is 2.40. The van der Waals surface area contributed by atoms with Crippen LogP contribution in [0.4, 0.5) is 4.79 Å². The fourth-order valence-electron chi connectivity index (χ4n) is 1.59. The smallest absolute Gasteiger partial charge is 0.404 e. The highest BCUT2D eigenvalue weighted by molar-refractivity contribution is 5.85. The Hall–Kier alpha value is -1.81. The van der Waals surface area contributed by atoms with Crippen molar-refractivity contribution < 1.29 is 19.1 Å². The van der Waals surface area contributed by atoms with Crippen molar-refractivity contribution in [2.24, 2.45) is 11.1 Å². The molecule has 1 heterocycles. The average molecular weight is 241 g/mol. The Kier molecular flexibility index (Phi) is 4.72. The number of carbonyl (C=O) groups excluding carboxylic acids is 2. The fraction of sp³-hybridized carbons (Fsp3) is 0.700. The molecule has 3 N–H and O–H groups in total. The molecule has 1 fully saturated rings. The normalized spacial score (nSPS) is 17.8. The number of hydrogen-bond donors (Lipinski definition) is 2. The van der Waals surface area contributed by atoms with Gasteiger partial charge in [0.25, 0.3) is 0 Å². The lowest BCUT2D eigenvalue weighted by molar-refractivity contribution is -0.132. The van der Waals surface area contributed by atoms with Gasteiger partial charge in [0.2, 0.25) is 5.91 Å². The van der Waals surface area contributed by atoms with Crippen LogP contribution >= 0.6 is 0 Å². The standard InChI is InChI=1S/C10H15N3O4/c11-7-10(1-4-16-5-2-10)8(14)13-3-6-17-9(12)15/h1-6H2,(H2,12,15)(H,13,14). The van der Waals surface area contributed by atoms with Crippen molar-refractivity contribution >= 4 is 12.0 Å². The van der Waals surface area contributed by atoms with Gasteiger partial charge in [-0.05, 0) is 12.8 Å². The van der Waals surface area contributed by atoms with Crippen LogP contribution in [0, 0.1) is 16.7 Å². The first-order valence-corrected chi connectivity index (χ1v) is 5.30. The summed E-state index contributed by atoms with van der Waals surface area (Å²) < 4.78 is 9.58. The van der Waals surface area contributed by atoms with E-state index in [9.17, 15) is 9.59 Å². The quantitative estimate of drug-likeness (QED) is 0.645. The van der Waals surface area contributed by atoms with Crippen LogP contribution in [0.2, 0.25) is 0 Å². The number of nitriles is 1. The Morgan fingerprint density at radius 2 is 2.12 bits per heavy atom. The highest BCUT2D eigenvalue weighted by atomic mass is 16.5. The van der Waals surface area contributed by atoms with Gasteiger partial charge in [-0.2, -0.15) is 5.26 Å². The van der Waals surface area contributed by atoms with Gasteiger partial charge in [-0.15, -0.1) is 0 Å². The Morgan fingerprint density at radius 1 is 1.47 bits per heavy atom. The number of nitrogens with two attached hydrogens (primary N) is 1. The zero-order valence-electron chi connectivity index (χ0n) is 9.40. The van der Waals surface area contributed by atoms with Crippen LogP contribution in [0.3, 0.4) is 0 Å². The Balaban J connectivity index is 2.39. The monoisotopic (exact) mass is 241 g/mol. The first-order valence-electron chi connectivity index (χ1n) is 5.30. The van der Waals surface area contributed by atoms with Crippen molar-refractivity contribution in [1.29, 1.82) is 5.26 Å². The van der Waals surface area contributed by atoms with Crippen LogP contribution < -0.4 is 11.1 Å². The van der Waals surface area contributed by atoms with Crippen molar-refractivity contribution in [3.63, 3.8) is 0 Å². The first kappa shape index (κ1) is 13.3. The summed E-state index contributed by atoms with van der Waals surface area (Å²) in [6.07, 6.45) is -0.127. The summed E-state index contributed by atoms with van der Waals surface area (Å²) in [6, 6.07) is 2.04. The molecule has 0 atom stereocenters. The third-order valence-corrected chi connectivity index (χ3v) is 2.63. The second-order valence-corrected chi connectivity index (χ2v) is 3.73. The van der Waals surface area contributed by atoms with Crippen molar-refractivity contribution in [2.45, 2.75) is 12.8 Å². The van der Waals surface area contributed by atoms with Crippen LogP contribution in [0.15, 0.2) is 0 Å². The molecule has 94 valence electrons. The minimum atomic E-state index is -1.02. The number of hydrogen-bond acceptors (Lipinski definition) is 5. The summed E-state index contributed by atoms with van der Waals surface area (Å²) in [4.78, 5) is 22.1. The van der Waals surface area contributed by atoms with Crippen LogP contribution in [-0.4, -0.2) is 38.4 Å². The average Bonchev–Trinajstić information content (AvgIpc) is 2.35. The van der Waals surface area contributed by atoms with Gasteiger partial charge in [-0.25, -0.2) is 4.79 Å². The number of nitrogens with one attached hydrogen (secondary N) is 1. The van der Waals surface area contributed by atoms with Crippen LogP contribution in [0.1, 0.15) is 12.8 Å². The summed E-state index contributed by atoms with van der Waals surface area (Å²) in [5.41, 5.74) is 3.74. The van der Waals surface area contributed by atoms with Crippen molar-refractivity contribution in [3.05, 3.63) is 0 Å². The number of rotatable bonds is 4. The van der Waals surface area contributed by atoms with Crippen LogP contribution in [0.25, 0.3) is 0 Å². The Morgan fingerprint density at radius 3 is 2.65 bits per heavy atom. The summed E-state index contributed by atoms with van der Waals surface area (Å²) in [5.74, 6) is -0.351. The van der Waals surface area contributed by atoms with E-state index in [1.54, 1.807) is 0 Å². The van der Waals surface area contributed by atoms with Crippen LogP contribution in [-0.2, 0) is 14.3 Å². The molecule has 0 saturated carbocycles. The van der Waals surface area contributed by atoms with E-state index in [1.165, 1.54) is 0 Å². The van der Waals surface area contributed by atoms with E-state index in [0.717, 1.165) is 0 Å². The molecule has 17 heavy (non-hydrogen) atoms. The predicted molar refractivity (Wildman–Crippen MR) is 56.6 cm³/mol. The zero-order chi connectivity index (χ0) is 12.7. The van der Waals surface area contributed by atoms with Crippen molar-refractivity contribution in [3.8, 4) is 6.07 Å². The van der Waals surface area contributed by atoms with E-state index in [-0.39, 0.29) is 19.1 Å². The molecule has 0 spiro atoms. The number of carbonyl (C=O) groups is 2. The summed E-state index contributed by atoms with van der Waals surface area (Å²) in [6.45, 7) is 0.947. The lowest BCUT2D eigenvalue weighted by atomic mass is 9.81. The Labute approximate surface area is 98.9 Å². The van der Waals surface area contributed by atoms with E-state index in [1.807, 2.05) is 6.07 Å². The molecule has 1 aliphatic rings. The molecule has 0 aliphatic carbocycles. The minimum Gasteiger partial charge on any atom is -0.448 e. The SMILES string of the molecule is N#CC1(C(=O)NCCOC(N)=O)CCOCC1. The van der Waals surface area contributed by atoms with Crippen LogP contribution in [0.5, 0.6) is 0 Å². The second-order valence-electron chi connectivity index (χ2n) is 3.73. The third kappa shape index (κ3) is 3.60. The van der Waals surface area contributed by atoms with E-state index in [0.29, 0.717) is 26.1 Å². The number of amides is 2. The number of primary amides is 1.